The molecule has 2 heterocycles. The zero-order chi connectivity index (χ0) is 20.5. The number of nitrogens with one attached hydrogen (secondary N) is 1. The number of likely N-dealkylation sites (tertiary alicyclic amines) is 1. The molecular weight excluding hydrogens is 491 g/mol. The second kappa shape index (κ2) is 12.7. The third-order valence-electron chi connectivity index (χ3n) is 6.14. The number of rotatable bonds is 8. The molecule has 0 unspecified atom stereocenters. The van der Waals surface area contributed by atoms with Crippen molar-refractivity contribution in [2.45, 2.75) is 45.1 Å². The van der Waals surface area contributed by atoms with Crippen LogP contribution in [0, 0.1) is 6.92 Å². The normalized spacial score (nSPS) is 19.2. The van der Waals surface area contributed by atoms with Gasteiger partial charge in [-0.1, -0.05) is 17.7 Å². The summed E-state index contributed by atoms with van der Waals surface area (Å²) >= 11 is 0. The highest BCUT2D eigenvalue weighted by Crippen LogP contribution is 2.31. The Balaban J connectivity index is 0.00000320. The first kappa shape index (κ1) is 25.2. The van der Waals surface area contributed by atoms with Gasteiger partial charge < -0.3 is 19.7 Å². The van der Waals surface area contributed by atoms with Crippen LogP contribution in [0.3, 0.4) is 0 Å². The molecular formula is C23H39IN4O2. The van der Waals surface area contributed by atoms with Crippen molar-refractivity contribution in [2.75, 3.05) is 59.6 Å². The summed E-state index contributed by atoms with van der Waals surface area (Å²) < 4.78 is 11.6. The smallest absolute Gasteiger partial charge is 0.193 e. The number of aryl methyl sites for hydroxylation is 1. The van der Waals surface area contributed by atoms with Crippen molar-refractivity contribution in [3.63, 3.8) is 0 Å². The molecule has 0 amide bonds. The lowest BCUT2D eigenvalue weighted by Gasteiger charge is -2.43. The fraction of sp³-hybridized carbons (Fsp3) is 0.696. The van der Waals surface area contributed by atoms with Crippen molar-refractivity contribution in [2.24, 2.45) is 4.99 Å². The van der Waals surface area contributed by atoms with Gasteiger partial charge in [-0.25, -0.2) is 0 Å². The summed E-state index contributed by atoms with van der Waals surface area (Å²) in [5.74, 6) is 1.88. The molecule has 170 valence electrons. The summed E-state index contributed by atoms with van der Waals surface area (Å²) in [6.45, 7) is 11.4. The van der Waals surface area contributed by atoms with Crippen LogP contribution in [0.2, 0.25) is 0 Å². The highest BCUT2D eigenvalue weighted by molar-refractivity contribution is 14.0. The van der Waals surface area contributed by atoms with E-state index < -0.39 is 0 Å². The minimum Gasteiger partial charge on any atom is -0.492 e. The molecule has 1 aromatic carbocycles. The number of halogens is 1. The Kier molecular flexibility index (Phi) is 10.7. The molecule has 0 spiro atoms. The Labute approximate surface area is 199 Å². The van der Waals surface area contributed by atoms with Gasteiger partial charge in [0.1, 0.15) is 12.4 Å². The molecule has 2 fully saturated rings. The van der Waals surface area contributed by atoms with E-state index in [9.17, 15) is 0 Å². The molecule has 3 rings (SSSR count). The Morgan fingerprint density at radius 3 is 2.50 bits per heavy atom. The Morgan fingerprint density at radius 2 is 1.87 bits per heavy atom. The van der Waals surface area contributed by atoms with Crippen LogP contribution in [-0.2, 0) is 4.74 Å². The first-order valence-electron chi connectivity index (χ1n) is 11.1. The van der Waals surface area contributed by atoms with Crippen molar-refractivity contribution in [3.05, 3.63) is 29.8 Å². The van der Waals surface area contributed by atoms with Crippen LogP contribution in [-0.4, -0.2) is 80.9 Å². The van der Waals surface area contributed by atoms with Gasteiger partial charge in [0.05, 0.1) is 13.1 Å². The Morgan fingerprint density at radius 1 is 1.20 bits per heavy atom. The predicted octanol–water partition coefficient (Wildman–Crippen LogP) is 3.53. The average molecular weight is 530 g/mol. The third kappa shape index (κ3) is 6.99. The molecule has 0 atom stereocenters. The SMILES string of the molecule is CCNC(=NCC1(N2CCCC2)CCOCC1)N(C)CCOc1ccc(C)cc1.I. The predicted molar refractivity (Wildman–Crippen MR) is 134 cm³/mol. The number of nitrogens with zero attached hydrogens (tertiary/aromatic N) is 3. The summed E-state index contributed by atoms with van der Waals surface area (Å²) in [6.07, 6.45) is 4.78. The van der Waals surface area contributed by atoms with Crippen molar-refractivity contribution >= 4 is 29.9 Å². The van der Waals surface area contributed by atoms with E-state index in [4.69, 9.17) is 14.5 Å². The summed E-state index contributed by atoms with van der Waals surface area (Å²) in [5, 5.41) is 3.46. The highest BCUT2D eigenvalue weighted by Gasteiger charge is 2.39. The molecule has 1 N–H and O–H groups in total. The molecule has 1 aromatic rings. The van der Waals surface area contributed by atoms with Gasteiger partial charge in [0.2, 0.25) is 0 Å². The molecule has 30 heavy (non-hydrogen) atoms. The van der Waals surface area contributed by atoms with E-state index in [2.05, 4.69) is 48.1 Å². The van der Waals surface area contributed by atoms with Gasteiger partial charge in [0, 0.05) is 32.3 Å². The van der Waals surface area contributed by atoms with Crippen LogP contribution in [0.4, 0.5) is 0 Å². The third-order valence-corrected chi connectivity index (χ3v) is 6.14. The lowest BCUT2D eigenvalue weighted by atomic mass is 9.88. The molecule has 0 saturated carbocycles. The second-order valence-electron chi connectivity index (χ2n) is 8.28. The van der Waals surface area contributed by atoms with Crippen molar-refractivity contribution in [1.82, 2.24) is 15.1 Å². The monoisotopic (exact) mass is 530 g/mol. The van der Waals surface area contributed by atoms with Crippen LogP contribution in [0.1, 0.15) is 38.2 Å². The number of likely N-dealkylation sites (N-methyl/N-ethyl adjacent to an activating group) is 1. The topological polar surface area (TPSA) is 49.3 Å². The van der Waals surface area contributed by atoms with Gasteiger partial charge in [0.15, 0.2) is 5.96 Å². The van der Waals surface area contributed by atoms with Gasteiger partial charge >= 0.3 is 0 Å². The van der Waals surface area contributed by atoms with Gasteiger partial charge in [0.25, 0.3) is 0 Å². The van der Waals surface area contributed by atoms with E-state index in [1.165, 1.54) is 31.5 Å². The van der Waals surface area contributed by atoms with Crippen LogP contribution in [0.5, 0.6) is 5.75 Å². The van der Waals surface area contributed by atoms with Crippen LogP contribution < -0.4 is 10.1 Å². The first-order valence-corrected chi connectivity index (χ1v) is 11.1. The lowest BCUT2D eigenvalue weighted by molar-refractivity contribution is -0.0139. The molecule has 0 bridgehead atoms. The van der Waals surface area contributed by atoms with E-state index in [1.807, 2.05) is 12.1 Å². The molecule has 0 aliphatic carbocycles. The lowest BCUT2D eigenvalue weighted by Crippen LogP contribution is -2.54. The summed E-state index contributed by atoms with van der Waals surface area (Å²) in [7, 11) is 2.09. The maximum Gasteiger partial charge on any atom is 0.193 e. The van der Waals surface area contributed by atoms with Gasteiger partial charge in [-0.2, -0.15) is 0 Å². The number of hydrogen-bond donors (Lipinski definition) is 1. The van der Waals surface area contributed by atoms with Gasteiger partial charge in [-0.05, 0) is 64.8 Å². The number of hydrogen-bond acceptors (Lipinski definition) is 4. The molecule has 7 heteroatoms. The van der Waals surface area contributed by atoms with Gasteiger partial charge in [-0.15, -0.1) is 24.0 Å². The van der Waals surface area contributed by atoms with Gasteiger partial charge in [-0.3, -0.25) is 9.89 Å². The number of guanidine groups is 1. The highest BCUT2D eigenvalue weighted by atomic mass is 127. The van der Waals surface area contributed by atoms with E-state index >= 15 is 0 Å². The number of ether oxygens (including phenoxy) is 2. The molecule has 2 saturated heterocycles. The largest absolute Gasteiger partial charge is 0.492 e. The molecule has 0 radical (unpaired) electrons. The number of aliphatic imine (C=N–C) groups is 1. The average Bonchev–Trinajstić information content (AvgIpc) is 3.29. The van der Waals surface area contributed by atoms with Crippen LogP contribution in [0.25, 0.3) is 0 Å². The zero-order valence-corrected chi connectivity index (χ0v) is 21.2. The quantitative estimate of drug-likeness (QED) is 0.317. The Bertz CT molecular complexity index is 641. The van der Waals surface area contributed by atoms with E-state index in [-0.39, 0.29) is 29.5 Å². The van der Waals surface area contributed by atoms with Crippen LogP contribution in [0.15, 0.2) is 29.3 Å². The van der Waals surface area contributed by atoms with Crippen molar-refractivity contribution < 1.29 is 9.47 Å². The first-order chi connectivity index (χ1) is 14.1. The van der Waals surface area contributed by atoms with E-state index in [0.29, 0.717) is 6.61 Å². The van der Waals surface area contributed by atoms with Crippen molar-refractivity contribution in [3.8, 4) is 5.75 Å². The standard InChI is InChI=1S/C23H38N4O2.HI/c1-4-24-22(26(3)15-18-29-21-9-7-20(2)8-10-21)25-19-23(11-16-28-17-12-23)27-13-5-6-14-27;/h7-10H,4-6,11-19H2,1-3H3,(H,24,25);1H. The zero-order valence-electron chi connectivity index (χ0n) is 18.9. The van der Waals surface area contributed by atoms with E-state index in [0.717, 1.165) is 57.4 Å². The van der Waals surface area contributed by atoms with E-state index in [1.54, 1.807) is 0 Å². The summed E-state index contributed by atoms with van der Waals surface area (Å²) in [6, 6.07) is 8.21. The summed E-state index contributed by atoms with van der Waals surface area (Å²) in [4.78, 5) is 9.91. The maximum absolute atomic E-state index is 5.91. The molecule has 0 aromatic heterocycles. The summed E-state index contributed by atoms with van der Waals surface area (Å²) in [5.41, 5.74) is 1.41. The second-order valence-corrected chi connectivity index (χ2v) is 8.28. The minimum absolute atomic E-state index is 0. The molecule has 2 aliphatic rings. The maximum atomic E-state index is 5.91. The Hall–Kier alpha value is -1.06. The molecule has 6 nitrogen and oxygen atoms in total. The number of benzene rings is 1. The fourth-order valence-electron chi connectivity index (χ4n) is 4.25. The van der Waals surface area contributed by atoms with Crippen LogP contribution >= 0.6 is 24.0 Å². The van der Waals surface area contributed by atoms with Crippen molar-refractivity contribution in [1.29, 1.82) is 0 Å². The molecule has 2 aliphatic heterocycles. The fourth-order valence-corrected chi connectivity index (χ4v) is 4.25. The minimum atomic E-state index is 0.